The fraction of sp³-hybridized carbons (Fsp3) is 0.571. The zero-order chi connectivity index (χ0) is 16.0. The Morgan fingerprint density at radius 2 is 2.00 bits per heavy atom. The average Bonchev–Trinajstić information content (AvgIpc) is 2.42. The maximum atomic E-state index is 12.3. The van der Waals surface area contributed by atoms with Crippen LogP contribution in [0.25, 0.3) is 0 Å². The molecule has 0 bridgehead atoms. The van der Waals surface area contributed by atoms with Crippen molar-refractivity contribution in [3.05, 3.63) is 28.2 Å². The molecule has 0 fully saturated rings. The Balaban J connectivity index is 2.83. The second kappa shape index (κ2) is 8.24. The van der Waals surface area contributed by atoms with Gasteiger partial charge in [0, 0.05) is 23.6 Å². The van der Waals surface area contributed by atoms with Crippen molar-refractivity contribution >= 4 is 26.0 Å². The first kappa shape index (κ1) is 18.6. The third-order valence-corrected chi connectivity index (χ3v) is 5.72. The third kappa shape index (κ3) is 5.67. The lowest BCUT2D eigenvalue weighted by Gasteiger charge is -2.20. The molecule has 0 aromatic heterocycles. The molecule has 1 unspecified atom stereocenters. The molecule has 2 N–H and O–H groups in total. The van der Waals surface area contributed by atoms with Gasteiger partial charge in [0.05, 0.1) is 4.90 Å². The molecule has 120 valence electrons. The van der Waals surface area contributed by atoms with Crippen LogP contribution in [0.3, 0.4) is 0 Å². The van der Waals surface area contributed by atoms with E-state index in [9.17, 15) is 8.42 Å². The predicted molar refractivity (Wildman–Crippen MR) is 89.9 cm³/mol. The van der Waals surface area contributed by atoms with Crippen LogP contribution in [0.15, 0.2) is 27.6 Å². The molecule has 21 heavy (non-hydrogen) atoms. The van der Waals surface area contributed by atoms with Crippen molar-refractivity contribution in [2.75, 3.05) is 27.2 Å². The van der Waals surface area contributed by atoms with E-state index in [1.807, 2.05) is 45.0 Å². The Hall–Kier alpha value is -0.470. The molecule has 1 rings (SSSR count). The lowest BCUT2D eigenvalue weighted by Crippen LogP contribution is -2.38. The van der Waals surface area contributed by atoms with Gasteiger partial charge in [-0.2, -0.15) is 0 Å². The molecule has 1 aromatic carbocycles. The van der Waals surface area contributed by atoms with Crippen LogP contribution in [0.2, 0.25) is 0 Å². The molecular formula is C14H24BrN3O2S. The van der Waals surface area contributed by atoms with E-state index in [1.54, 1.807) is 6.07 Å². The van der Waals surface area contributed by atoms with Crippen molar-refractivity contribution in [1.29, 1.82) is 0 Å². The van der Waals surface area contributed by atoms with Crippen LogP contribution >= 0.6 is 15.9 Å². The van der Waals surface area contributed by atoms with Crippen LogP contribution < -0.4 is 10.0 Å². The van der Waals surface area contributed by atoms with Gasteiger partial charge >= 0.3 is 0 Å². The number of halogens is 1. The highest BCUT2D eigenvalue weighted by atomic mass is 79.9. The van der Waals surface area contributed by atoms with E-state index in [0.717, 1.165) is 18.7 Å². The molecule has 0 radical (unpaired) electrons. The summed E-state index contributed by atoms with van der Waals surface area (Å²) < 4.78 is 27.9. The van der Waals surface area contributed by atoms with Gasteiger partial charge in [0.1, 0.15) is 0 Å². The number of hydrogen-bond donors (Lipinski definition) is 2. The highest BCUT2D eigenvalue weighted by Crippen LogP contribution is 2.23. The van der Waals surface area contributed by atoms with Gasteiger partial charge < -0.3 is 10.2 Å². The largest absolute Gasteiger partial charge is 0.313 e. The van der Waals surface area contributed by atoms with Crippen molar-refractivity contribution in [2.24, 2.45) is 0 Å². The Morgan fingerprint density at radius 3 is 2.52 bits per heavy atom. The molecular weight excluding hydrogens is 354 g/mol. The highest BCUT2D eigenvalue weighted by Gasteiger charge is 2.19. The Labute approximate surface area is 136 Å². The second-order valence-corrected chi connectivity index (χ2v) is 7.80. The SMILES string of the molecule is CCNCc1ccc(S(=O)(=O)NCC(C)N(C)C)c(Br)c1. The first-order valence-corrected chi connectivity index (χ1v) is 9.20. The standard InChI is InChI=1S/C14H24BrN3O2S/c1-5-16-10-12-6-7-14(13(15)8-12)21(19,20)17-9-11(2)18(3)4/h6-8,11,16-17H,5,9-10H2,1-4H3. The first-order chi connectivity index (χ1) is 9.77. The fourth-order valence-electron chi connectivity index (χ4n) is 1.63. The molecule has 1 aromatic rings. The van der Waals surface area contributed by atoms with Gasteiger partial charge in [0.2, 0.25) is 10.0 Å². The van der Waals surface area contributed by atoms with Gasteiger partial charge in [-0.3, -0.25) is 0 Å². The topological polar surface area (TPSA) is 61.4 Å². The predicted octanol–water partition coefficient (Wildman–Crippen LogP) is 1.79. The quantitative estimate of drug-likeness (QED) is 0.724. The van der Waals surface area contributed by atoms with Crippen molar-refractivity contribution < 1.29 is 8.42 Å². The maximum absolute atomic E-state index is 12.3. The molecule has 0 heterocycles. The smallest absolute Gasteiger partial charge is 0.241 e. The number of hydrogen-bond acceptors (Lipinski definition) is 4. The van der Waals surface area contributed by atoms with Gasteiger partial charge in [-0.25, -0.2) is 13.1 Å². The van der Waals surface area contributed by atoms with Gasteiger partial charge in [-0.15, -0.1) is 0 Å². The number of nitrogens with zero attached hydrogens (tertiary/aromatic N) is 1. The molecule has 0 spiro atoms. The summed E-state index contributed by atoms with van der Waals surface area (Å²) in [5, 5.41) is 3.21. The molecule has 0 aliphatic rings. The van der Waals surface area contributed by atoms with E-state index in [-0.39, 0.29) is 10.9 Å². The lowest BCUT2D eigenvalue weighted by molar-refractivity contribution is 0.314. The van der Waals surface area contributed by atoms with E-state index in [1.165, 1.54) is 0 Å². The zero-order valence-corrected chi connectivity index (χ0v) is 15.4. The molecule has 5 nitrogen and oxygen atoms in total. The summed E-state index contributed by atoms with van der Waals surface area (Å²) >= 11 is 3.35. The summed E-state index contributed by atoms with van der Waals surface area (Å²) in [6, 6.07) is 5.44. The van der Waals surface area contributed by atoms with Crippen molar-refractivity contribution in [1.82, 2.24) is 14.9 Å². The molecule has 0 aliphatic carbocycles. The van der Waals surface area contributed by atoms with Gasteiger partial charge in [0.25, 0.3) is 0 Å². The van der Waals surface area contributed by atoms with E-state index in [0.29, 0.717) is 11.0 Å². The summed E-state index contributed by atoms with van der Waals surface area (Å²) in [7, 11) is 0.341. The molecule has 1 atom stereocenters. The Bertz CT molecular complexity index is 561. The van der Waals surface area contributed by atoms with Crippen LogP contribution in [-0.4, -0.2) is 46.5 Å². The summed E-state index contributed by atoms with van der Waals surface area (Å²) in [6.07, 6.45) is 0. The van der Waals surface area contributed by atoms with Crippen LogP contribution in [0.1, 0.15) is 19.4 Å². The number of likely N-dealkylation sites (N-methyl/N-ethyl adjacent to an activating group) is 1. The average molecular weight is 378 g/mol. The van der Waals surface area contributed by atoms with Crippen LogP contribution in [0.5, 0.6) is 0 Å². The first-order valence-electron chi connectivity index (χ1n) is 6.93. The van der Waals surface area contributed by atoms with E-state index >= 15 is 0 Å². The zero-order valence-electron chi connectivity index (χ0n) is 13.0. The van der Waals surface area contributed by atoms with Crippen LogP contribution in [0, 0.1) is 0 Å². The second-order valence-electron chi connectivity index (χ2n) is 5.21. The molecule has 0 amide bonds. The normalized spacial score (nSPS) is 13.6. The summed E-state index contributed by atoms with van der Waals surface area (Å²) in [5.41, 5.74) is 1.05. The van der Waals surface area contributed by atoms with Crippen LogP contribution in [-0.2, 0) is 16.6 Å². The molecule has 0 aliphatic heterocycles. The summed E-state index contributed by atoms with van der Waals surface area (Å²) in [5.74, 6) is 0. The van der Waals surface area contributed by atoms with Gasteiger partial charge in [-0.05, 0) is 61.2 Å². The number of benzene rings is 1. The number of nitrogens with one attached hydrogen (secondary N) is 2. The maximum Gasteiger partial charge on any atom is 0.241 e. The minimum atomic E-state index is -3.50. The minimum Gasteiger partial charge on any atom is -0.313 e. The van der Waals surface area contributed by atoms with Crippen molar-refractivity contribution in [2.45, 2.75) is 31.3 Å². The molecule has 7 heteroatoms. The molecule has 0 saturated carbocycles. The Kier molecular flexibility index (Phi) is 7.29. The van der Waals surface area contributed by atoms with E-state index < -0.39 is 10.0 Å². The van der Waals surface area contributed by atoms with Gasteiger partial charge in [0.15, 0.2) is 0 Å². The number of sulfonamides is 1. The monoisotopic (exact) mass is 377 g/mol. The Morgan fingerprint density at radius 1 is 1.33 bits per heavy atom. The summed E-state index contributed by atoms with van der Waals surface area (Å²) in [6.45, 7) is 5.98. The van der Waals surface area contributed by atoms with E-state index in [2.05, 4.69) is 26.0 Å². The van der Waals surface area contributed by atoms with Gasteiger partial charge in [-0.1, -0.05) is 13.0 Å². The van der Waals surface area contributed by atoms with E-state index in [4.69, 9.17) is 0 Å². The summed E-state index contributed by atoms with van der Waals surface area (Å²) in [4.78, 5) is 2.24. The lowest BCUT2D eigenvalue weighted by atomic mass is 10.2. The fourth-order valence-corrected chi connectivity index (χ4v) is 3.88. The molecule has 0 saturated heterocycles. The van der Waals surface area contributed by atoms with Crippen molar-refractivity contribution in [3.8, 4) is 0 Å². The highest BCUT2D eigenvalue weighted by molar-refractivity contribution is 9.10. The van der Waals surface area contributed by atoms with Crippen LogP contribution in [0.4, 0.5) is 0 Å². The third-order valence-electron chi connectivity index (χ3n) is 3.32. The van der Waals surface area contributed by atoms with Crippen molar-refractivity contribution in [3.63, 3.8) is 0 Å². The minimum absolute atomic E-state index is 0.131. The number of rotatable bonds is 8.